The third kappa shape index (κ3) is 11.7. The van der Waals surface area contributed by atoms with E-state index in [1.807, 2.05) is 48.5 Å². The topological polar surface area (TPSA) is 141 Å². The molecule has 1 aliphatic carbocycles. The molecule has 8 N–H and O–H groups in total. The molecule has 0 unspecified atom stereocenters. The molecule has 4 aromatic carbocycles. The number of nitrogen functional groups attached to an aromatic ring is 4. The Balaban J connectivity index is 1.77. The summed E-state index contributed by atoms with van der Waals surface area (Å²) in [6, 6.07) is 16.4. The number of hydrogen-bond acceptors (Lipinski definition) is 8. The lowest BCUT2D eigenvalue weighted by Crippen LogP contribution is -2.12. The van der Waals surface area contributed by atoms with Crippen LogP contribution >= 0.6 is 0 Å². The van der Waals surface area contributed by atoms with Crippen LogP contribution in [-0.4, -0.2) is 26.4 Å². The first kappa shape index (κ1) is 42.4. The molecule has 8 heteroatoms. The molecule has 5 rings (SSSR count). The number of benzene rings is 4. The summed E-state index contributed by atoms with van der Waals surface area (Å²) in [4.78, 5) is 0. The molecule has 0 spiro atoms. The van der Waals surface area contributed by atoms with Gasteiger partial charge < -0.3 is 41.9 Å². The van der Waals surface area contributed by atoms with Crippen LogP contribution in [0.5, 0.6) is 23.0 Å². The fraction of sp³-hybridized carbons (Fsp3) is 0.500. The van der Waals surface area contributed by atoms with Crippen molar-refractivity contribution >= 4 is 22.7 Å². The van der Waals surface area contributed by atoms with Gasteiger partial charge in [0.15, 0.2) is 0 Å². The minimum absolute atomic E-state index is 0.535. The Morgan fingerprint density at radius 1 is 0.321 bits per heavy atom. The van der Waals surface area contributed by atoms with Crippen LogP contribution in [0.15, 0.2) is 48.5 Å². The Hall–Kier alpha value is -4.72. The molecule has 0 amide bonds. The quantitative estimate of drug-likeness (QED) is 0.0453. The summed E-state index contributed by atoms with van der Waals surface area (Å²) in [5.74, 6) is 3.41. The van der Waals surface area contributed by atoms with Gasteiger partial charge in [-0.15, -0.1) is 0 Å². The van der Waals surface area contributed by atoms with Crippen LogP contribution in [0.3, 0.4) is 0 Å². The Morgan fingerprint density at radius 3 is 0.661 bits per heavy atom. The number of anilines is 4. The zero-order valence-electron chi connectivity index (χ0n) is 34.7. The van der Waals surface area contributed by atoms with Crippen LogP contribution in [0.4, 0.5) is 22.7 Å². The van der Waals surface area contributed by atoms with E-state index >= 15 is 0 Å². The maximum absolute atomic E-state index is 6.77. The van der Waals surface area contributed by atoms with Crippen molar-refractivity contribution in [1.29, 1.82) is 0 Å². The van der Waals surface area contributed by atoms with Gasteiger partial charge in [0.25, 0.3) is 0 Å². The van der Waals surface area contributed by atoms with Crippen LogP contribution in [0, 0.1) is 0 Å². The van der Waals surface area contributed by atoms with Crippen molar-refractivity contribution in [3.05, 3.63) is 93.0 Å². The van der Waals surface area contributed by atoms with Crippen LogP contribution in [0.1, 0.15) is 149 Å². The van der Waals surface area contributed by atoms with Gasteiger partial charge in [-0.3, -0.25) is 0 Å². The van der Waals surface area contributed by atoms with Crippen molar-refractivity contribution in [2.45, 2.75) is 130 Å². The molecular formula is C48H68N4O4. The van der Waals surface area contributed by atoms with Crippen LogP contribution < -0.4 is 41.9 Å². The minimum Gasteiger partial charge on any atom is -0.493 e. The number of unbranched alkanes of at least 4 members (excludes halogenated alkanes) is 8. The Morgan fingerprint density at radius 2 is 0.500 bits per heavy atom. The molecule has 0 heterocycles. The van der Waals surface area contributed by atoms with Crippen molar-refractivity contribution in [3.63, 3.8) is 0 Å². The number of fused-ring (bicyclic) bond motifs is 8. The molecule has 0 saturated heterocycles. The van der Waals surface area contributed by atoms with Crippen molar-refractivity contribution in [1.82, 2.24) is 0 Å². The van der Waals surface area contributed by atoms with E-state index in [1.54, 1.807) is 0 Å². The zero-order chi connectivity index (χ0) is 39.9. The number of ether oxygens (including phenoxy) is 4. The predicted octanol–water partition coefficient (Wildman–Crippen LogP) is 11.0. The number of rotatable bonds is 20. The molecule has 0 fully saturated rings. The second-order valence-corrected chi connectivity index (χ2v) is 15.6. The van der Waals surface area contributed by atoms with Crippen molar-refractivity contribution in [2.75, 3.05) is 49.4 Å². The summed E-state index contributed by atoms with van der Waals surface area (Å²) in [5.41, 5.74) is 37.7. The molecule has 0 aliphatic heterocycles. The summed E-state index contributed by atoms with van der Waals surface area (Å²) in [6.07, 6.45) is 14.8. The summed E-state index contributed by atoms with van der Waals surface area (Å²) < 4.78 is 27.1. The fourth-order valence-electron chi connectivity index (χ4n) is 7.84. The van der Waals surface area contributed by atoms with E-state index < -0.39 is 0 Å². The van der Waals surface area contributed by atoms with E-state index in [9.17, 15) is 0 Å². The van der Waals surface area contributed by atoms with Crippen LogP contribution in [0.25, 0.3) is 0 Å². The first-order valence-corrected chi connectivity index (χ1v) is 21.4. The van der Waals surface area contributed by atoms with Gasteiger partial charge in [-0.05, 0) is 74.2 Å². The van der Waals surface area contributed by atoms with Gasteiger partial charge >= 0.3 is 0 Å². The first-order chi connectivity index (χ1) is 27.2. The third-order valence-corrected chi connectivity index (χ3v) is 10.6. The summed E-state index contributed by atoms with van der Waals surface area (Å²) in [5, 5.41) is 0. The molecule has 8 bridgehead atoms. The highest BCUT2D eigenvalue weighted by Crippen LogP contribution is 2.42. The molecule has 1 aliphatic rings. The highest BCUT2D eigenvalue weighted by molar-refractivity contribution is 5.64. The SMILES string of the molecule is CCCCCOc1c2cc(N)cc1Cc1cc(N)cc(c1OCCCCC)Cc1cc(N)cc(c1OCCCCC)Cc1cc(N)cc(c1OCCCCC)C2. The normalized spacial score (nSPS) is 12.4. The molecule has 0 radical (unpaired) electrons. The zero-order valence-corrected chi connectivity index (χ0v) is 34.7. The Kier molecular flexibility index (Phi) is 16.3. The second-order valence-electron chi connectivity index (χ2n) is 15.6. The Labute approximate surface area is 336 Å². The molecular weight excluding hydrogens is 697 g/mol. The van der Waals surface area contributed by atoms with Gasteiger partial charge in [0.05, 0.1) is 26.4 Å². The molecule has 56 heavy (non-hydrogen) atoms. The molecule has 304 valence electrons. The maximum Gasteiger partial charge on any atom is 0.126 e. The average molecular weight is 765 g/mol. The predicted molar refractivity (Wildman–Crippen MR) is 235 cm³/mol. The molecule has 0 atom stereocenters. The van der Waals surface area contributed by atoms with Crippen molar-refractivity contribution < 1.29 is 18.9 Å². The number of nitrogens with two attached hydrogens (primary N) is 4. The minimum atomic E-state index is 0.535. The van der Waals surface area contributed by atoms with Crippen molar-refractivity contribution in [2.24, 2.45) is 0 Å². The lowest BCUT2D eigenvalue weighted by Gasteiger charge is -2.24. The summed E-state index contributed by atoms with van der Waals surface area (Å²) in [6.45, 7) is 11.3. The molecule has 0 saturated carbocycles. The second kappa shape index (κ2) is 21.5. The van der Waals surface area contributed by atoms with Crippen molar-refractivity contribution in [3.8, 4) is 23.0 Å². The largest absolute Gasteiger partial charge is 0.493 e. The highest BCUT2D eigenvalue weighted by Gasteiger charge is 2.24. The average Bonchev–Trinajstić information content (AvgIpc) is 3.15. The first-order valence-electron chi connectivity index (χ1n) is 21.4. The van der Waals surface area contributed by atoms with E-state index in [0.29, 0.717) is 74.9 Å². The maximum atomic E-state index is 6.77. The van der Waals surface area contributed by atoms with Crippen LogP contribution in [-0.2, 0) is 25.7 Å². The smallest absolute Gasteiger partial charge is 0.126 e. The van der Waals surface area contributed by atoms with Gasteiger partial charge in [0, 0.05) is 92.9 Å². The standard InChI is InChI=1S/C48H68N4O4/c1-5-9-13-17-53-45-33-21-35-27-42(50)29-37(46(35)54-18-14-10-6-2)23-39-31-44(52)32-40(48(39)56-20-16-12-8-4)24-38-30-43(51)28-36(22-34(45)26-41(49)25-33)47(38)55-19-15-11-7-3/h25-32H,5-24,49-52H2,1-4H3. The monoisotopic (exact) mass is 765 g/mol. The molecule has 0 aromatic heterocycles. The van der Waals surface area contributed by atoms with Crippen LogP contribution in [0.2, 0.25) is 0 Å². The summed E-state index contributed by atoms with van der Waals surface area (Å²) >= 11 is 0. The molecule has 4 aromatic rings. The van der Waals surface area contributed by atoms with Gasteiger partial charge in [-0.25, -0.2) is 0 Å². The highest BCUT2D eigenvalue weighted by atomic mass is 16.5. The summed E-state index contributed by atoms with van der Waals surface area (Å²) in [7, 11) is 0. The van der Waals surface area contributed by atoms with E-state index in [2.05, 4.69) is 27.7 Å². The van der Waals surface area contributed by atoms with E-state index in [1.165, 1.54) is 0 Å². The lowest BCUT2D eigenvalue weighted by atomic mass is 9.90. The lowest BCUT2D eigenvalue weighted by molar-refractivity contribution is 0.294. The number of hydrogen-bond donors (Lipinski definition) is 4. The Bertz CT molecular complexity index is 1510. The van der Waals surface area contributed by atoms with Gasteiger partial charge in [0.1, 0.15) is 23.0 Å². The van der Waals surface area contributed by atoms with E-state index in [0.717, 1.165) is 145 Å². The fourth-order valence-corrected chi connectivity index (χ4v) is 7.84. The third-order valence-electron chi connectivity index (χ3n) is 10.6. The van der Waals surface area contributed by atoms with Gasteiger partial charge in [-0.1, -0.05) is 79.1 Å². The van der Waals surface area contributed by atoms with Gasteiger partial charge in [-0.2, -0.15) is 0 Å². The molecule has 8 nitrogen and oxygen atoms in total. The van der Waals surface area contributed by atoms with E-state index in [4.69, 9.17) is 41.9 Å². The van der Waals surface area contributed by atoms with E-state index in [-0.39, 0.29) is 0 Å². The van der Waals surface area contributed by atoms with Gasteiger partial charge in [0.2, 0.25) is 0 Å².